The fourth-order valence-corrected chi connectivity index (χ4v) is 3.99. The number of fused-ring (bicyclic) bond motifs is 1. The van der Waals surface area contributed by atoms with E-state index in [1.54, 1.807) is 0 Å². The van der Waals surface area contributed by atoms with Crippen molar-refractivity contribution in [2.24, 2.45) is 0 Å². The van der Waals surface area contributed by atoms with Gasteiger partial charge in [0, 0.05) is 23.0 Å². The van der Waals surface area contributed by atoms with Gasteiger partial charge in [-0.15, -0.1) is 11.3 Å². The van der Waals surface area contributed by atoms with Crippen LogP contribution in [0.3, 0.4) is 0 Å². The smallest absolute Gasteiger partial charge is 0.123 e. The van der Waals surface area contributed by atoms with Crippen LogP contribution in [0.5, 0.6) is 5.75 Å². The molecule has 0 amide bonds. The minimum absolute atomic E-state index is 0.377. The first kappa shape index (κ1) is 15.4. The van der Waals surface area contributed by atoms with Gasteiger partial charge in [0.05, 0.1) is 0 Å². The molecule has 0 bridgehead atoms. The molecule has 0 spiro atoms. The van der Waals surface area contributed by atoms with Crippen molar-refractivity contribution < 1.29 is 4.74 Å². The van der Waals surface area contributed by atoms with Crippen molar-refractivity contribution in [1.82, 2.24) is 5.32 Å². The van der Waals surface area contributed by atoms with E-state index in [1.807, 2.05) is 11.3 Å². The Labute approximate surface area is 147 Å². The summed E-state index contributed by atoms with van der Waals surface area (Å²) in [6, 6.07) is 21.7. The van der Waals surface area contributed by atoms with Gasteiger partial charge < -0.3 is 10.1 Å². The molecule has 24 heavy (non-hydrogen) atoms. The molecule has 0 radical (unpaired) electrons. The lowest BCUT2D eigenvalue weighted by Crippen LogP contribution is -2.40. The summed E-state index contributed by atoms with van der Waals surface area (Å²) >= 11 is 1.83. The number of hydrogen-bond acceptors (Lipinski definition) is 3. The van der Waals surface area contributed by atoms with Gasteiger partial charge >= 0.3 is 0 Å². The summed E-state index contributed by atoms with van der Waals surface area (Å²) in [6.07, 6.45) is 2.10. The molecule has 1 unspecified atom stereocenters. The Balaban J connectivity index is 1.47. The van der Waals surface area contributed by atoms with E-state index >= 15 is 0 Å². The maximum Gasteiger partial charge on any atom is 0.123 e. The molecule has 4 rings (SSSR count). The lowest BCUT2D eigenvalue weighted by atomic mass is 9.93. The fourth-order valence-electron chi connectivity index (χ4n) is 3.28. The van der Waals surface area contributed by atoms with E-state index in [9.17, 15) is 0 Å². The topological polar surface area (TPSA) is 21.3 Å². The van der Waals surface area contributed by atoms with E-state index < -0.39 is 0 Å². The minimum Gasteiger partial charge on any atom is -0.492 e. The Morgan fingerprint density at radius 1 is 1.00 bits per heavy atom. The molecule has 1 N–H and O–H groups in total. The van der Waals surface area contributed by atoms with Gasteiger partial charge in [0.2, 0.25) is 0 Å². The lowest BCUT2D eigenvalue weighted by molar-refractivity contribution is 0.240. The Hall–Kier alpha value is -2.10. The first-order valence-corrected chi connectivity index (χ1v) is 9.34. The first-order valence-electron chi connectivity index (χ1n) is 8.46. The van der Waals surface area contributed by atoms with Crippen LogP contribution in [0.25, 0.3) is 11.1 Å². The Kier molecular flexibility index (Phi) is 4.63. The fraction of sp³-hybridized carbons (Fsp3) is 0.238. The van der Waals surface area contributed by atoms with E-state index in [0.717, 1.165) is 31.7 Å². The van der Waals surface area contributed by atoms with Crippen molar-refractivity contribution in [3.63, 3.8) is 0 Å². The summed E-state index contributed by atoms with van der Waals surface area (Å²) in [5.41, 5.74) is 3.87. The normalized spacial score (nSPS) is 16.4. The van der Waals surface area contributed by atoms with Crippen molar-refractivity contribution in [1.29, 1.82) is 0 Å². The summed E-state index contributed by atoms with van der Waals surface area (Å²) in [5, 5.41) is 5.80. The summed E-state index contributed by atoms with van der Waals surface area (Å²) in [5.74, 6) is 1.03. The number of nitrogens with one attached hydrogen (secondary N) is 1. The molecule has 3 heteroatoms. The highest BCUT2D eigenvalue weighted by atomic mass is 32.1. The van der Waals surface area contributed by atoms with Gasteiger partial charge in [0.1, 0.15) is 12.4 Å². The molecule has 3 aromatic rings. The Bertz CT molecular complexity index is 783. The molecule has 1 aromatic heterocycles. The predicted octanol–water partition coefficient (Wildman–Crippen LogP) is 4.55. The van der Waals surface area contributed by atoms with Gasteiger partial charge in [0.25, 0.3) is 0 Å². The van der Waals surface area contributed by atoms with Crippen LogP contribution in [0.4, 0.5) is 0 Å². The van der Waals surface area contributed by atoms with Crippen molar-refractivity contribution in [2.45, 2.75) is 18.9 Å². The summed E-state index contributed by atoms with van der Waals surface area (Å²) in [6.45, 7) is 1.74. The van der Waals surface area contributed by atoms with Gasteiger partial charge in [-0.25, -0.2) is 0 Å². The molecule has 122 valence electrons. The molecule has 2 heterocycles. The zero-order valence-electron chi connectivity index (χ0n) is 13.6. The van der Waals surface area contributed by atoms with Crippen molar-refractivity contribution in [3.8, 4) is 16.9 Å². The second-order valence-corrected chi connectivity index (χ2v) is 7.18. The van der Waals surface area contributed by atoms with Gasteiger partial charge in [-0.05, 0) is 41.5 Å². The number of hydrogen-bond donors (Lipinski definition) is 1. The van der Waals surface area contributed by atoms with E-state index in [-0.39, 0.29) is 0 Å². The minimum atomic E-state index is 0.377. The summed E-state index contributed by atoms with van der Waals surface area (Å²) in [7, 11) is 0. The molecule has 1 aliphatic rings. The number of thiophene rings is 1. The molecule has 1 atom stereocenters. The zero-order valence-corrected chi connectivity index (χ0v) is 14.4. The predicted molar refractivity (Wildman–Crippen MR) is 101 cm³/mol. The second kappa shape index (κ2) is 7.20. The third-order valence-corrected chi connectivity index (χ3v) is 5.43. The maximum absolute atomic E-state index is 6.03. The maximum atomic E-state index is 6.03. The SMILES string of the molecule is c1ccc(-c2cccc3c2CC(NCCc2cccs2)CO3)cc1. The highest BCUT2D eigenvalue weighted by molar-refractivity contribution is 7.09. The van der Waals surface area contributed by atoms with E-state index in [2.05, 4.69) is 71.4 Å². The van der Waals surface area contributed by atoms with Crippen LogP contribution >= 0.6 is 11.3 Å². The van der Waals surface area contributed by atoms with Crippen LogP contribution in [-0.2, 0) is 12.8 Å². The highest BCUT2D eigenvalue weighted by Crippen LogP contribution is 2.34. The summed E-state index contributed by atoms with van der Waals surface area (Å²) in [4.78, 5) is 1.43. The third kappa shape index (κ3) is 3.37. The van der Waals surface area contributed by atoms with Crippen molar-refractivity contribution >= 4 is 11.3 Å². The van der Waals surface area contributed by atoms with Crippen molar-refractivity contribution in [2.75, 3.05) is 13.2 Å². The van der Waals surface area contributed by atoms with Gasteiger partial charge in [-0.1, -0.05) is 48.5 Å². The average Bonchev–Trinajstić information content (AvgIpc) is 3.15. The second-order valence-electron chi connectivity index (χ2n) is 6.14. The molecule has 1 aliphatic heterocycles. The molecule has 2 nitrogen and oxygen atoms in total. The molecule has 0 saturated heterocycles. The van der Waals surface area contributed by atoms with Crippen LogP contribution in [0.2, 0.25) is 0 Å². The Morgan fingerprint density at radius 3 is 2.75 bits per heavy atom. The lowest BCUT2D eigenvalue weighted by Gasteiger charge is -2.28. The molecule has 0 saturated carbocycles. The summed E-state index contributed by atoms with van der Waals surface area (Å²) < 4.78 is 6.03. The molecular formula is C21H21NOS. The van der Waals surface area contributed by atoms with Gasteiger partial charge in [-0.3, -0.25) is 0 Å². The molecule has 0 fully saturated rings. The number of ether oxygens (including phenoxy) is 1. The standard InChI is InChI=1S/C21H21NOS/c1-2-6-16(7-3-1)19-9-4-10-21-20(19)14-17(15-23-21)22-12-11-18-8-5-13-24-18/h1-10,13,17,22H,11-12,14-15H2. The third-order valence-electron chi connectivity index (χ3n) is 4.49. The first-order chi connectivity index (χ1) is 11.9. The number of rotatable bonds is 5. The van der Waals surface area contributed by atoms with Gasteiger partial charge in [-0.2, -0.15) is 0 Å². The molecule has 0 aliphatic carbocycles. The monoisotopic (exact) mass is 335 g/mol. The largest absolute Gasteiger partial charge is 0.492 e. The van der Waals surface area contributed by atoms with E-state index in [1.165, 1.54) is 21.6 Å². The van der Waals surface area contributed by atoms with E-state index in [0.29, 0.717) is 6.04 Å². The quantitative estimate of drug-likeness (QED) is 0.738. The molecular weight excluding hydrogens is 314 g/mol. The van der Waals surface area contributed by atoms with Crippen LogP contribution in [0.15, 0.2) is 66.0 Å². The van der Waals surface area contributed by atoms with Crippen LogP contribution in [0, 0.1) is 0 Å². The van der Waals surface area contributed by atoms with Crippen LogP contribution in [0.1, 0.15) is 10.4 Å². The molecule has 2 aromatic carbocycles. The number of benzene rings is 2. The average molecular weight is 335 g/mol. The highest BCUT2D eigenvalue weighted by Gasteiger charge is 2.22. The van der Waals surface area contributed by atoms with E-state index in [4.69, 9.17) is 4.74 Å². The zero-order chi connectivity index (χ0) is 16.2. The van der Waals surface area contributed by atoms with Crippen LogP contribution < -0.4 is 10.1 Å². The van der Waals surface area contributed by atoms with Crippen LogP contribution in [-0.4, -0.2) is 19.2 Å². The van der Waals surface area contributed by atoms with Crippen molar-refractivity contribution in [3.05, 3.63) is 76.5 Å². The van der Waals surface area contributed by atoms with Gasteiger partial charge in [0.15, 0.2) is 0 Å². The Morgan fingerprint density at radius 2 is 1.92 bits per heavy atom.